The molecule has 2 aromatic rings. The van der Waals surface area contributed by atoms with E-state index in [0.29, 0.717) is 11.4 Å². The van der Waals surface area contributed by atoms with Crippen LogP contribution in [0.2, 0.25) is 5.02 Å². The molecule has 0 fully saturated rings. The molecule has 0 saturated heterocycles. The first-order valence-electron chi connectivity index (χ1n) is 6.62. The van der Waals surface area contributed by atoms with Gasteiger partial charge in [-0.2, -0.15) is 0 Å². The molecular formula is C16H13ClFN3O. The van der Waals surface area contributed by atoms with Crippen molar-refractivity contribution < 1.29 is 9.18 Å². The molecule has 2 aromatic carbocycles. The fourth-order valence-electron chi connectivity index (χ4n) is 2.27. The molecule has 0 unspecified atom stereocenters. The molecule has 112 valence electrons. The minimum atomic E-state index is -0.529. The van der Waals surface area contributed by atoms with Crippen molar-refractivity contribution >= 4 is 34.7 Å². The van der Waals surface area contributed by atoms with Crippen LogP contribution in [0.4, 0.5) is 26.2 Å². The molecule has 0 radical (unpaired) electrons. The number of carbonyl (C=O) groups excluding carboxylic acids is 1. The molecular weight excluding hydrogens is 305 g/mol. The molecule has 3 rings (SSSR count). The second kappa shape index (κ2) is 5.69. The Hall–Kier alpha value is -2.53. The highest BCUT2D eigenvalue weighted by Crippen LogP contribution is 2.29. The summed E-state index contributed by atoms with van der Waals surface area (Å²) in [5, 5.41) is 8.44. The van der Waals surface area contributed by atoms with Crippen molar-refractivity contribution in [2.24, 2.45) is 0 Å². The van der Waals surface area contributed by atoms with E-state index in [1.54, 1.807) is 6.07 Å². The fourth-order valence-corrected chi connectivity index (χ4v) is 2.45. The van der Waals surface area contributed by atoms with E-state index in [1.165, 1.54) is 18.2 Å². The molecule has 0 saturated carbocycles. The largest absolute Gasteiger partial charge is 0.359 e. The van der Waals surface area contributed by atoms with E-state index < -0.39 is 11.8 Å². The number of rotatable bonds is 2. The summed E-state index contributed by atoms with van der Waals surface area (Å²) < 4.78 is 13.1. The van der Waals surface area contributed by atoms with Crippen molar-refractivity contribution in [3.8, 4) is 0 Å². The van der Waals surface area contributed by atoms with E-state index in [-0.39, 0.29) is 5.02 Å². The highest BCUT2D eigenvalue weighted by Gasteiger charge is 2.14. The Morgan fingerprint density at radius 1 is 1.18 bits per heavy atom. The molecule has 3 N–H and O–H groups in total. The topological polar surface area (TPSA) is 53.2 Å². The van der Waals surface area contributed by atoms with Gasteiger partial charge in [0.2, 0.25) is 0 Å². The predicted molar refractivity (Wildman–Crippen MR) is 87.0 cm³/mol. The molecule has 0 atom stereocenters. The van der Waals surface area contributed by atoms with Crippen LogP contribution in [0.3, 0.4) is 0 Å². The SMILES string of the molecule is C=C1Cc2cc(NC(=O)Nc3ccc(F)c(Cl)c3)ccc2N1. The number of nitrogens with one attached hydrogen (secondary N) is 3. The van der Waals surface area contributed by atoms with E-state index in [0.717, 1.165) is 23.4 Å². The van der Waals surface area contributed by atoms with Crippen molar-refractivity contribution in [2.45, 2.75) is 6.42 Å². The first kappa shape index (κ1) is 14.4. The number of amides is 2. The van der Waals surface area contributed by atoms with Crippen molar-refractivity contribution in [3.05, 3.63) is 65.1 Å². The van der Waals surface area contributed by atoms with Gasteiger partial charge in [0.1, 0.15) is 5.82 Å². The molecule has 1 heterocycles. The monoisotopic (exact) mass is 317 g/mol. The number of hydrogen-bond acceptors (Lipinski definition) is 2. The van der Waals surface area contributed by atoms with Crippen molar-refractivity contribution in [1.29, 1.82) is 0 Å². The maximum absolute atomic E-state index is 13.1. The number of benzene rings is 2. The average Bonchev–Trinajstić information content (AvgIpc) is 2.82. The van der Waals surface area contributed by atoms with Crippen LogP contribution in [0.5, 0.6) is 0 Å². The molecule has 0 aromatic heterocycles. The lowest BCUT2D eigenvalue weighted by molar-refractivity contribution is 0.262. The number of fused-ring (bicyclic) bond motifs is 1. The van der Waals surface area contributed by atoms with Crippen molar-refractivity contribution in [3.63, 3.8) is 0 Å². The van der Waals surface area contributed by atoms with Gasteiger partial charge in [-0.05, 0) is 42.0 Å². The summed E-state index contributed by atoms with van der Waals surface area (Å²) in [6, 6.07) is 9.14. The van der Waals surface area contributed by atoms with Crippen LogP contribution in [0.15, 0.2) is 48.7 Å². The molecule has 0 bridgehead atoms. The van der Waals surface area contributed by atoms with Crippen LogP contribution in [0.25, 0.3) is 0 Å². The van der Waals surface area contributed by atoms with Gasteiger partial charge in [-0.25, -0.2) is 9.18 Å². The van der Waals surface area contributed by atoms with Gasteiger partial charge in [0.05, 0.1) is 5.02 Å². The smallest absolute Gasteiger partial charge is 0.323 e. The third-order valence-electron chi connectivity index (χ3n) is 3.26. The Bertz CT molecular complexity index is 776. The van der Waals surface area contributed by atoms with Gasteiger partial charge in [0.25, 0.3) is 0 Å². The van der Waals surface area contributed by atoms with Crippen LogP contribution < -0.4 is 16.0 Å². The molecule has 2 amide bonds. The second-order valence-electron chi connectivity index (χ2n) is 4.99. The summed E-state index contributed by atoms with van der Waals surface area (Å²) in [4.78, 5) is 12.0. The normalized spacial score (nSPS) is 12.5. The highest BCUT2D eigenvalue weighted by atomic mass is 35.5. The zero-order valence-corrected chi connectivity index (χ0v) is 12.3. The minimum absolute atomic E-state index is 0.0417. The molecule has 4 nitrogen and oxygen atoms in total. The molecule has 1 aliphatic heterocycles. The Morgan fingerprint density at radius 3 is 2.59 bits per heavy atom. The summed E-state index contributed by atoms with van der Waals surface area (Å²) in [6.45, 7) is 3.88. The fraction of sp³-hybridized carbons (Fsp3) is 0.0625. The highest BCUT2D eigenvalue weighted by molar-refractivity contribution is 6.31. The van der Waals surface area contributed by atoms with E-state index in [4.69, 9.17) is 11.6 Å². The van der Waals surface area contributed by atoms with E-state index in [9.17, 15) is 9.18 Å². The number of anilines is 3. The Kier molecular flexibility index (Phi) is 3.73. The quantitative estimate of drug-likeness (QED) is 0.758. The van der Waals surface area contributed by atoms with Gasteiger partial charge in [-0.1, -0.05) is 18.2 Å². The number of urea groups is 1. The van der Waals surface area contributed by atoms with Gasteiger partial charge in [0, 0.05) is 29.2 Å². The van der Waals surface area contributed by atoms with Crippen molar-refractivity contribution in [1.82, 2.24) is 0 Å². The zero-order chi connectivity index (χ0) is 15.7. The second-order valence-corrected chi connectivity index (χ2v) is 5.39. The number of carbonyl (C=O) groups is 1. The molecule has 0 aliphatic carbocycles. The van der Waals surface area contributed by atoms with E-state index in [2.05, 4.69) is 22.5 Å². The molecule has 1 aliphatic rings. The van der Waals surface area contributed by atoms with E-state index in [1.807, 2.05) is 12.1 Å². The Morgan fingerprint density at radius 2 is 1.86 bits per heavy atom. The molecule has 0 spiro atoms. The summed E-state index contributed by atoms with van der Waals surface area (Å²) in [7, 11) is 0. The first-order valence-corrected chi connectivity index (χ1v) is 7.00. The number of halogens is 2. The van der Waals surface area contributed by atoms with Crippen LogP contribution in [0, 0.1) is 5.82 Å². The van der Waals surface area contributed by atoms with Gasteiger partial charge in [-0.3, -0.25) is 0 Å². The standard InChI is InChI=1S/C16H13ClFN3O/c1-9-6-10-7-11(3-5-15(10)19-9)20-16(22)21-12-2-4-14(18)13(17)8-12/h2-5,7-8,19H,1,6H2,(H2,20,21,22). The molecule has 22 heavy (non-hydrogen) atoms. The van der Waals surface area contributed by atoms with Gasteiger partial charge >= 0.3 is 6.03 Å². The summed E-state index contributed by atoms with van der Waals surface area (Å²) in [5.41, 5.74) is 4.09. The van der Waals surface area contributed by atoms with Crippen LogP contribution in [0.1, 0.15) is 5.56 Å². The van der Waals surface area contributed by atoms with Crippen molar-refractivity contribution in [2.75, 3.05) is 16.0 Å². The lowest BCUT2D eigenvalue weighted by Crippen LogP contribution is -2.19. The van der Waals surface area contributed by atoms with Gasteiger partial charge in [-0.15, -0.1) is 0 Å². The zero-order valence-electron chi connectivity index (χ0n) is 11.5. The maximum atomic E-state index is 13.1. The van der Waals surface area contributed by atoms with Crippen LogP contribution >= 0.6 is 11.6 Å². The Labute approximate surface area is 132 Å². The first-order chi connectivity index (χ1) is 10.5. The van der Waals surface area contributed by atoms with Gasteiger partial charge in [0.15, 0.2) is 0 Å². The maximum Gasteiger partial charge on any atom is 0.323 e. The lowest BCUT2D eigenvalue weighted by Gasteiger charge is -2.09. The van der Waals surface area contributed by atoms with E-state index >= 15 is 0 Å². The van der Waals surface area contributed by atoms with Crippen LogP contribution in [-0.2, 0) is 6.42 Å². The summed E-state index contributed by atoms with van der Waals surface area (Å²) in [6.07, 6.45) is 0.736. The number of allylic oxidation sites excluding steroid dienone is 1. The third kappa shape index (κ3) is 3.04. The minimum Gasteiger partial charge on any atom is -0.359 e. The summed E-state index contributed by atoms with van der Waals surface area (Å²) in [5.74, 6) is -0.529. The Balaban J connectivity index is 1.68. The lowest BCUT2D eigenvalue weighted by atomic mass is 10.1. The average molecular weight is 318 g/mol. The summed E-state index contributed by atoms with van der Waals surface area (Å²) >= 11 is 5.67. The molecule has 6 heteroatoms. The number of hydrogen-bond donors (Lipinski definition) is 3. The van der Waals surface area contributed by atoms with Gasteiger partial charge < -0.3 is 16.0 Å². The van der Waals surface area contributed by atoms with Crippen LogP contribution in [-0.4, -0.2) is 6.03 Å². The third-order valence-corrected chi connectivity index (χ3v) is 3.55. The predicted octanol–water partition coefficient (Wildman–Crippen LogP) is 4.60.